The first kappa shape index (κ1) is 25.4. The van der Waals surface area contributed by atoms with Crippen LogP contribution in [0.4, 0.5) is 17.1 Å². The van der Waals surface area contributed by atoms with E-state index >= 15 is 0 Å². The van der Waals surface area contributed by atoms with E-state index in [9.17, 15) is 0 Å². The number of rotatable bonds is 5. The quantitative estimate of drug-likeness (QED) is 0.204. The summed E-state index contributed by atoms with van der Waals surface area (Å²) in [4.78, 5) is 2.29. The van der Waals surface area contributed by atoms with Crippen molar-refractivity contribution >= 4 is 60.9 Å². The van der Waals surface area contributed by atoms with Gasteiger partial charge in [0.1, 0.15) is 16.7 Å². The molecule has 0 atom stereocenters. The maximum Gasteiger partial charge on any atom is 0.159 e. The van der Waals surface area contributed by atoms with E-state index < -0.39 is 0 Å². The second-order valence-corrected chi connectivity index (χ2v) is 11.4. The van der Waals surface area contributed by atoms with Crippen LogP contribution in [0.15, 0.2) is 173 Å². The van der Waals surface area contributed by atoms with Crippen LogP contribution in [-0.4, -0.2) is 0 Å². The zero-order valence-electron chi connectivity index (χ0n) is 24.4. The SMILES string of the molecule is c1ccc(-c2ccc(N(c3ccc(-c4ccccc4)cc3)c3cccc4c3oc3cc5c(cc34)oc3ccccc35)cc2)cc1. The van der Waals surface area contributed by atoms with Crippen LogP contribution in [0.2, 0.25) is 0 Å². The van der Waals surface area contributed by atoms with Crippen LogP contribution in [-0.2, 0) is 0 Å². The van der Waals surface area contributed by atoms with Gasteiger partial charge in [0.05, 0.1) is 5.69 Å². The zero-order chi connectivity index (χ0) is 29.7. The van der Waals surface area contributed by atoms with E-state index in [2.05, 4.69) is 138 Å². The van der Waals surface area contributed by atoms with Crippen molar-refractivity contribution in [2.24, 2.45) is 0 Å². The number of benzene rings is 7. The lowest BCUT2D eigenvalue weighted by molar-refractivity contribution is 0.664. The molecule has 0 bridgehead atoms. The topological polar surface area (TPSA) is 29.5 Å². The highest BCUT2D eigenvalue weighted by atomic mass is 16.3. The van der Waals surface area contributed by atoms with Crippen LogP contribution in [0.25, 0.3) is 66.1 Å². The third-order valence-corrected chi connectivity index (χ3v) is 8.68. The first-order valence-corrected chi connectivity index (χ1v) is 15.2. The molecule has 0 unspecified atom stereocenters. The molecule has 0 amide bonds. The standard InChI is InChI=1S/C42H27NO2/c1-3-10-28(11-4-1)30-18-22-32(23-19-30)43(33-24-20-31(21-25-33)29-12-5-2-6-13-29)38-16-9-15-35-37-27-40-36(26-41(37)45-42(35)38)34-14-7-8-17-39(34)44-40/h1-27H. The van der Waals surface area contributed by atoms with E-state index in [0.29, 0.717) is 0 Å². The Bertz CT molecular complexity index is 2370. The second kappa shape index (κ2) is 10.3. The predicted octanol–water partition coefficient (Wildman–Crippen LogP) is 12.3. The van der Waals surface area contributed by atoms with Crippen molar-refractivity contribution in [1.82, 2.24) is 0 Å². The van der Waals surface area contributed by atoms with Gasteiger partial charge in [0, 0.05) is 32.9 Å². The maximum absolute atomic E-state index is 6.74. The summed E-state index contributed by atoms with van der Waals surface area (Å²) in [6.07, 6.45) is 0. The number of furan rings is 2. The largest absolute Gasteiger partial charge is 0.456 e. The number of hydrogen-bond acceptors (Lipinski definition) is 3. The Morgan fingerprint density at radius 2 is 0.822 bits per heavy atom. The maximum atomic E-state index is 6.74. The average Bonchev–Trinajstić information content (AvgIpc) is 3.66. The molecule has 0 radical (unpaired) electrons. The molecule has 9 aromatic rings. The fourth-order valence-electron chi connectivity index (χ4n) is 6.47. The Morgan fingerprint density at radius 3 is 1.44 bits per heavy atom. The van der Waals surface area contributed by atoms with E-state index in [1.54, 1.807) is 0 Å². The Balaban J connectivity index is 1.23. The van der Waals surface area contributed by atoms with Crippen molar-refractivity contribution in [3.05, 3.63) is 164 Å². The van der Waals surface area contributed by atoms with Crippen LogP contribution in [0.5, 0.6) is 0 Å². The number of fused-ring (bicyclic) bond motifs is 6. The molecule has 7 aromatic carbocycles. The van der Waals surface area contributed by atoms with Crippen molar-refractivity contribution in [3.63, 3.8) is 0 Å². The second-order valence-electron chi connectivity index (χ2n) is 11.4. The van der Waals surface area contributed by atoms with Gasteiger partial charge in [-0.25, -0.2) is 0 Å². The molecule has 2 heterocycles. The molecule has 0 N–H and O–H groups in total. The van der Waals surface area contributed by atoms with E-state index in [4.69, 9.17) is 8.83 Å². The molecule has 0 saturated heterocycles. The Hall–Kier alpha value is -6.06. The van der Waals surface area contributed by atoms with Crippen LogP contribution in [0.1, 0.15) is 0 Å². The minimum absolute atomic E-state index is 0.837. The summed E-state index contributed by atoms with van der Waals surface area (Å²) in [7, 11) is 0. The molecule has 9 rings (SSSR count). The Morgan fingerprint density at radius 1 is 0.333 bits per heavy atom. The number of para-hydroxylation sites is 2. The molecule has 3 heteroatoms. The average molecular weight is 578 g/mol. The summed E-state index contributed by atoms with van der Waals surface area (Å²) in [5.74, 6) is 0. The van der Waals surface area contributed by atoms with Gasteiger partial charge in [-0.1, -0.05) is 115 Å². The van der Waals surface area contributed by atoms with Gasteiger partial charge in [-0.05, 0) is 70.8 Å². The van der Waals surface area contributed by atoms with E-state index in [-0.39, 0.29) is 0 Å². The molecular formula is C42H27NO2. The summed E-state index contributed by atoms with van der Waals surface area (Å²) in [6, 6.07) is 57.3. The van der Waals surface area contributed by atoms with Crippen LogP contribution >= 0.6 is 0 Å². The van der Waals surface area contributed by atoms with Gasteiger partial charge in [0.15, 0.2) is 5.58 Å². The summed E-state index contributed by atoms with van der Waals surface area (Å²) in [6.45, 7) is 0. The van der Waals surface area contributed by atoms with Gasteiger partial charge in [0.25, 0.3) is 0 Å². The molecule has 0 fully saturated rings. The smallest absolute Gasteiger partial charge is 0.159 e. The molecule has 2 aromatic heterocycles. The lowest BCUT2D eigenvalue weighted by atomic mass is 10.0. The minimum Gasteiger partial charge on any atom is -0.456 e. The summed E-state index contributed by atoms with van der Waals surface area (Å²) < 4.78 is 13.0. The molecule has 0 aliphatic rings. The highest BCUT2D eigenvalue weighted by molar-refractivity contribution is 6.16. The third-order valence-electron chi connectivity index (χ3n) is 8.68. The van der Waals surface area contributed by atoms with Crippen LogP contribution in [0.3, 0.4) is 0 Å². The van der Waals surface area contributed by atoms with Gasteiger partial charge in [0.2, 0.25) is 0 Å². The summed E-state index contributed by atoms with van der Waals surface area (Å²) in [5, 5.41) is 4.24. The lowest BCUT2D eigenvalue weighted by Crippen LogP contribution is -2.10. The highest BCUT2D eigenvalue weighted by Gasteiger charge is 2.21. The van der Waals surface area contributed by atoms with E-state index in [0.717, 1.165) is 60.9 Å². The Kier molecular flexibility index (Phi) is 5.82. The van der Waals surface area contributed by atoms with Crippen molar-refractivity contribution in [2.75, 3.05) is 4.90 Å². The molecule has 0 spiro atoms. The van der Waals surface area contributed by atoms with Crippen LogP contribution < -0.4 is 4.90 Å². The molecule has 212 valence electrons. The predicted molar refractivity (Wildman–Crippen MR) is 187 cm³/mol. The monoisotopic (exact) mass is 577 g/mol. The van der Waals surface area contributed by atoms with Gasteiger partial charge in [-0.2, -0.15) is 0 Å². The Labute approximate surface area is 260 Å². The zero-order valence-corrected chi connectivity index (χ0v) is 24.4. The van der Waals surface area contributed by atoms with E-state index in [1.165, 1.54) is 22.3 Å². The molecule has 0 aliphatic heterocycles. The molecule has 45 heavy (non-hydrogen) atoms. The van der Waals surface area contributed by atoms with Crippen molar-refractivity contribution in [3.8, 4) is 22.3 Å². The van der Waals surface area contributed by atoms with Gasteiger partial charge >= 0.3 is 0 Å². The molecule has 0 aliphatic carbocycles. The van der Waals surface area contributed by atoms with Crippen molar-refractivity contribution in [2.45, 2.75) is 0 Å². The van der Waals surface area contributed by atoms with Crippen LogP contribution in [0, 0.1) is 0 Å². The van der Waals surface area contributed by atoms with Crippen molar-refractivity contribution < 1.29 is 8.83 Å². The van der Waals surface area contributed by atoms with Gasteiger partial charge in [-0.3, -0.25) is 0 Å². The van der Waals surface area contributed by atoms with Gasteiger partial charge in [-0.15, -0.1) is 0 Å². The molecule has 3 nitrogen and oxygen atoms in total. The summed E-state index contributed by atoms with van der Waals surface area (Å²) >= 11 is 0. The number of nitrogens with zero attached hydrogens (tertiary/aromatic N) is 1. The molecule has 0 saturated carbocycles. The highest BCUT2D eigenvalue weighted by Crippen LogP contribution is 2.44. The lowest BCUT2D eigenvalue weighted by Gasteiger charge is -2.26. The summed E-state index contributed by atoms with van der Waals surface area (Å²) in [5.41, 5.74) is 11.2. The number of anilines is 3. The fourth-order valence-corrected chi connectivity index (χ4v) is 6.47. The normalized spacial score (nSPS) is 11.6. The first-order valence-electron chi connectivity index (χ1n) is 15.2. The van der Waals surface area contributed by atoms with E-state index in [1.807, 2.05) is 30.3 Å². The first-order chi connectivity index (χ1) is 22.3. The number of hydrogen-bond donors (Lipinski definition) is 0. The van der Waals surface area contributed by atoms with Gasteiger partial charge < -0.3 is 13.7 Å². The molecular weight excluding hydrogens is 550 g/mol. The van der Waals surface area contributed by atoms with Crippen molar-refractivity contribution in [1.29, 1.82) is 0 Å². The third kappa shape index (κ3) is 4.29. The fraction of sp³-hybridized carbons (Fsp3) is 0. The minimum atomic E-state index is 0.837.